The largest absolute Gasteiger partial charge is 0.396 e. The first-order valence-electron chi connectivity index (χ1n) is 7.77. The summed E-state index contributed by atoms with van der Waals surface area (Å²) in [6, 6.07) is 3.16. The van der Waals surface area contributed by atoms with E-state index in [9.17, 15) is 9.90 Å². The third-order valence-corrected chi connectivity index (χ3v) is 5.13. The number of hydrogen-bond acceptors (Lipinski definition) is 3. The molecule has 3 N–H and O–H groups in total. The highest BCUT2D eigenvalue weighted by atomic mass is 35.5. The number of aliphatic hydroxyl groups is 1. The Kier molecular flexibility index (Phi) is 4.02. The van der Waals surface area contributed by atoms with E-state index in [4.69, 9.17) is 23.2 Å². The van der Waals surface area contributed by atoms with Crippen molar-refractivity contribution in [1.29, 1.82) is 0 Å². The lowest BCUT2D eigenvalue weighted by atomic mass is 10.0. The van der Waals surface area contributed by atoms with E-state index in [1.807, 2.05) is 0 Å². The van der Waals surface area contributed by atoms with Crippen LogP contribution in [0.15, 0.2) is 23.1 Å². The van der Waals surface area contributed by atoms with E-state index >= 15 is 4.39 Å². The molecule has 9 heteroatoms. The van der Waals surface area contributed by atoms with Crippen LogP contribution in [0.25, 0.3) is 33.1 Å². The number of H-pyrrole nitrogens is 2. The molecule has 0 spiro atoms. The van der Waals surface area contributed by atoms with Gasteiger partial charge in [-0.1, -0.05) is 23.2 Å². The highest BCUT2D eigenvalue weighted by Crippen LogP contribution is 2.39. The SMILES string of the molecule is Cn1[nH]c2ccc(-c3cnc4[nH]c(Cl)c(CCO)c4c3Cl)c(F)c2c1=O. The predicted octanol–water partition coefficient (Wildman–Crippen LogP) is 3.39. The molecule has 26 heavy (non-hydrogen) atoms. The summed E-state index contributed by atoms with van der Waals surface area (Å²) in [6.07, 6.45) is 1.71. The van der Waals surface area contributed by atoms with E-state index < -0.39 is 11.4 Å². The van der Waals surface area contributed by atoms with Crippen molar-refractivity contribution >= 4 is 45.1 Å². The lowest BCUT2D eigenvalue weighted by molar-refractivity contribution is 0.300. The van der Waals surface area contributed by atoms with Crippen LogP contribution in [0.5, 0.6) is 0 Å². The maximum atomic E-state index is 15.1. The molecule has 3 aromatic heterocycles. The van der Waals surface area contributed by atoms with Crippen molar-refractivity contribution in [1.82, 2.24) is 19.7 Å². The molecule has 6 nitrogen and oxygen atoms in total. The van der Waals surface area contributed by atoms with Crippen LogP contribution in [0.2, 0.25) is 10.2 Å². The molecular formula is C17H13Cl2FN4O2. The number of rotatable bonds is 3. The maximum Gasteiger partial charge on any atom is 0.277 e. The Labute approximate surface area is 156 Å². The van der Waals surface area contributed by atoms with Gasteiger partial charge in [0.25, 0.3) is 5.56 Å². The summed E-state index contributed by atoms with van der Waals surface area (Å²) in [7, 11) is 1.52. The zero-order valence-electron chi connectivity index (χ0n) is 13.5. The minimum absolute atomic E-state index is 0.0381. The summed E-state index contributed by atoms with van der Waals surface area (Å²) in [4.78, 5) is 19.3. The minimum Gasteiger partial charge on any atom is -0.396 e. The van der Waals surface area contributed by atoms with Crippen LogP contribution in [0.4, 0.5) is 4.39 Å². The smallest absolute Gasteiger partial charge is 0.277 e. The Morgan fingerprint density at radius 3 is 2.77 bits per heavy atom. The van der Waals surface area contributed by atoms with Crippen molar-refractivity contribution in [3.63, 3.8) is 0 Å². The first-order valence-corrected chi connectivity index (χ1v) is 8.52. The van der Waals surface area contributed by atoms with Gasteiger partial charge in [-0.3, -0.25) is 14.6 Å². The molecule has 1 aromatic carbocycles. The van der Waals surface area contributed by atoms with E-state index in [-0.39, 0.29) is 29.0 Å². The van der Waals surface area contributed by atoms with Crippen molar-refractivity contribution in [2.75, 3.05) is 6.61 Å². The second kappa shape index (κ2) is 6.12. The second-order valence-corrected chi connectivity index (χ2v) is 6.68. The van der Waals surface area contributed by atoms with Gasteiger partial charge < -0.3 is 10.1 Å². The predicted molar refractivity (Wildman–Crippen MR) is 99.4 cm³/mol. The van der Waals surface area contributed by atoms with Crippen LogP contribution >= 0.6 is 23.2 Å². The normalized spacial score (nSPS) is 11.7. The summed E-state index contributed by atoms with van der Waals surface area (Å²) in [6.45, 7) is -0.118. The van der Waals surface area contributed by atoms with Gasteiger partial charge in [-0.25, -0.2) is 9.37 Å². The van der Waals surface area contributed by atoms with Gasteiger partial charge in [-0.15, -0.1) is 0 Å². The molecule has 3 heterocycles. The third kappa shape index (κ3) is 2.35. The molecular weight excluding hydrogens is 382 g/mol. The Bertz CT molecular complexity index is 1230. The number of nitrogens with zero attached hydrogens (tertiary/aromatic N) is 2. The summed E-state index contributed by atoms with van der Waals surface area (Å²) in [5.74, 6) is -0.669. The van der Waals surface area contributed by atoms with Crippen molar-refractivity contribution in [3.8, 4) is 11.1 Å². The number of aromatic amines is 2. The quantitative estimate of drug-likeness (QED) is 0.497. The maximum absolute atomic E-state index is 15.1. The number of aliphatic hydroxyl groups excluding tert-OH is 1. The molecule has 0 aliphatic rings. The molecule has 0 saturated carbocycles. The number of pyridine rings is 1. The van der Waals surface area contributed by atoms with E-state index in [0.717, 1.165) is 0 Å². The summed E-state index contributed by atoms with van der Waals surface area (Å²) < 4.78 is 16.3. The Morgan fingerprint density at radius 1 is 1.27 bits per heavy atom. The van der Waals surface area contributed by atoms with Crippen LogP contribution < -0.4 is 5.56 Å². The fraction of sp³-hybridized carbons (Fsp3) is 0.176. The van der Waals surface area contributed by atoms with Gasteiger partial charge in [0.05, 0.1) is 10.5 Å². The molecule has 4 rings (SSSR count). The lowest BCUT2D eigenvalue weighted by Gasteiger charge is -2.08. The van der Waals surface area contributed by atoms with Crippen LogP contribution in [0.3, 0.4) is 0 Å². The Hall–Kier alpha value is -2.35. The molecule has 0 unspecified atom stereocenters. The van der Waals surface area contributed by atoms with Crippen molar-refractivity contribution in [3.05, 3.63) is 50.2 Å². The molecule has 0 bridgehead atoms. The fourth-order valence-corrected chi connectivity index (χ4v) is 3.80. The summed E-state index contributed by atoms with van der Waals surface area (Å²) >= 11 is 12.7. The summed E-state index contributed by atoms with van der Waals surface area (Å²) in [5.41, 5.74) is 1.51. The first kappa shape index (κ1) is 17.1. The van der Waals surface area contributed by atoms with E-state index in [1.54, 1.807) is 12.1 Å². The Morgan fingerprint density at radius 2 is 2.04 bits per heavy atom. The van der Waals surface area contributed by atoms with Crippen molar-refractivity contribution in [2.24, 2.45) is 7.05 Å². The van der Waals surface area contributed by atoms with Crippen molar-refractivity contribution in [2.45, 2.75) is 6.42 Å². The average Bonchev–Trinajstić information content (AvgIpc) is 3.07. The molecule has 0 radical (unpaired) electrons. The molecule has 0 amide bonds. The number of aromatic nitrogens is 4. The number of fused-ring (bicyclic) bond motifs is 2. The Balaban J connectivity index is 2.03. The van der Waals surface area contributed by atoms with Crippen molar-refractivity contribution < 1.29 is 9.50 Å². The molecule has 0 fully saturated rings. The zero-order valence-corrected chi connectivity index (χ0v) is 15.0. The number of halogens is 3. The van der Waals surface area contributed by atoms with Gasteiger partial charge in [0.1, 0.15) is 22.0 Å². The molecule has 4 aromatic rings. The minimum atomic E-state index is -0.669. The average molecular weight is 395 g/mol. The lowest BCUT2D eigenvalue weighted by Crippen LogP contribution is -2.12. The fourth-order valence-electron chi connectivity index (χ4n) is 3.17. The van der Waals surface area contributed by atoms with E-state index in [2.05, 4.69) is 15.1 Å². The van der Waals surface area contributed by atoms with Gasteiger partial charge in [0.15, 0.2) is 0 Å². The van der Waals surface area contributed by atoms with Gasteiger partial charge in [0, 0.05) is 41.9 Å². The molecule has 134 valence electrons. The third-order valence-electron chi connectivity index (χ3n) is 4.41. The number of benzene rings is 1. The second-order valence-electron chi connectivity index (χ2n) is 5.93. The van der Waals surface area contributed by atoms with Crippen LogP contribution in [-0.2, 0) is 13.5 Å². The molecule has 0 aliphatic heterocycles. The van der Waals surface area contributed by atoms with Gasteiger partial charge in [-0.05, 0) is 18.6 Å². The first-order chi connectivity index (χ1) is 12.4. The van der Waals surface area contributed by atoms with Crippen LogP contribution in [-0.4, -0.2) is 31.5 Å². The van der Waals surface area contributed by atoms with Crippen LogP contribution in [0, 0.1) is 5.82 Å². The monoisotopic (exact) mass is 394 g/mol. The molecule has 0 atom stereocenters. The molecule has 0 saturated heterocycles. The topological polar surface area (TPSA) is 86.7 Å². The van der Waals surface area contributed by atoms with Crippen LogP contribution in [0.1, 0.15) is 5.56 Å². The van der Waals surface area contributed by atoms with E-state index in [1.165, 1.54) is 17.9 Å². The number of hydrogen-bond donors (Lipinski definition) is 3. The summed E-state index contributed by atoms with van der Waals surface area (Å²) in [5, 5.41) is 13.1. The highest BCUT2D eigenvalue weighted by Gasteiger charge is 2.21. The zero-order chi connectivity index (χ0) is 18.6. The number of aryl methyl sites for hydroxylation is 1. The van der Waals surface area contributed by atoms with Gasteiger partial charge in [0.2, 0.25) is 0 Å². The number of nitrogens with one attached hydrogen (secondary N) is 2. The van der Waals surface area contributed by atoms with Gasteiger partial charge >= 0.3 is 0 Å². The highest BCUT2D eigenvalue weighted by molar-refractivity contribution is 6.39. The van der Waals surface area contributed by atoms with Gasteiger partial charge in [-0.2, -0.15) is 0 Å². The van der Waals surface area contributed by atoms with E-state index in [0.29, 0.717) is 32.8 Å². The molecule has 0 aliphatic carbocycles. The standard InChI is InChI=1S/C17H13Cl2FN4O2/c1-24-17(26)12-10(23-24)3-2-7(14(12)20)9-6-21-16-11(13(9)18)8(4-5-25)15(19)22-16/h2-3,6,23,25H,4-5H2,1H3,(H,21,22).